The number of aliphatic carboxylic acids is 1. The van der Waals surface area contributed by atoms with E-state index in [1.165, 1.54) is 13.8 Å². The molecule has 0 aromatic carbocycles. The van der Waals surface area contributed by atoms with Gasteiger partial charge >= 0.3 is 12.0 Å². The van der Waals surface area contributed by atoms with Gasteiger partial charge < -0.3 is 15.7 Å². The van der Waals surface area contributed by atoms with Crippen molar-refractivity contribution >= 4 is 23.8 Å². The van der Waals surface area contributed by atoms with Crippen LogP contribution in [0.2, 0.25) is 0 Å². The number of carboxylic acids is 1. The van der Waals surface area contributed by atoms with E-state index < -0.39 is 23.9 Å². The van der Waals surface area contributed by atoms with E-state index in [0.29, 0.717) is 13.0 Å². The Labute approximate surface area is 115 Å². The van der Waals surface area contributed by atoms with Gasteiger partial charge in [0.25, 0.3) is 5.91 Å². The van der Waals surface area contributed by atoms with Crippen molar-refractivity contribution in [1.82, 2.24) is 16.0 Å². The summed E-state index contributed by atoms with van der Waals surface area (Å²) < 4.78 is 0. The molecular formula is C12H17N3O5. The molecule has 1 saturated heterocycles. The third-order valence-electron chi connectivity index (χ3n) is 3.04. The third-order valence-corrected chi connectivity index (χ3v) is 3.04. The fraction of sp³-hybridized carbons (Fsp3) is 0.500. The van der Waals surface area contributed by atoms with Gasteiger partial charge in [-0.15, -0.1) is 0 Å². The quantitative estimate of drug-likeness (QED) is 0.520. The number of urea groups is 1. The van der Waals surface area contributed by atoms with Gasteiger partial charge in [0.15, 0.2) is 0 Å². The summed E-state index contributed by atoms with van der Waals surface area (Å²) in [6, 6.07) is -1.50. The first-order chi connectivity index (χ1) is 9.32. The number of carbonyl (C=O) groups is 4. The summed E-state index contributed by atoms with van der Waals surface area (Å²) in [5, 5.41) is 15.7. The monoisotopic (exact) mass is 283 g/mol. The lowest BCUT2D eigenvalue weighted by Crippen LogP contribution is -2.53. The summed E-state index contributed by atoms with van der Waals surface area (Å²) in [6.07, 6.45) is 1.23. The first kappa shape index (κ1) is 15.7. The number of imide groups is 1. The molecule has 8 nitrogen and oxygen atoms in total. The predicted octanol–water partition coefficient (Wildman–Crippen LogP) is -0.488. The second kappa shape index (κ2) is 6.69. The highest BCUT2D eigenvalue weighted by atomic mass is 16.4. The Kier molecular flexibility index (Phi) is 5.24. The largest absolute Gasteiger partial charge is 0.478 e. The highest BCUT2D eigenvalue weighted by Crippen LogP contribution is 2.04. The number of nitrogens with one attached hydrogen (secondary N) is 3. The van der Waals surface area contributed by atoms with Crippen molar-refractivity contribution < 1.29 is 24.3 Å². The lowest BCUT2D eigenvalue weighted by atomic mass is 10.1. The Morgan fingerprint density at radius 2 is 1.90 bits per heavy atom. The van der Waals surface area contributed by atoms with E-state index in [0.717, 1.165) is 6.42 Å². The Hall–Kier alpha value is -2.38. The molecule has 0 bridgehead atoms. The molecule has 1 heterocycles. The van der Waals surface area contributed by atoms with Gasteiger partial charge in [-0.05, 0) is 26.7 Å². The van der Waals surface area contributed by atoms with E-state index in [9.17, 15) is 19.2 Å². The second-order valence-electron chi connectivity index (χ2n) is 4.47. The van der Waals surface area contributed by atoms with Gasteiger partial charge in [-0.2, -0.15) is 0 Å². The molecule has 0 saturated carbocycles. The van der Waals surface area contributed by atoms with Crippen molar-refractivity contribution in [2.75, 3.05) is 6.54 Å². The van der Waals surface area contributed by atoms with Crippen LogP contribution in [0.25, 0.3) is 0 Å². The molecular weight excluding hydrogens is 266 g/mol. The minimum Gasteiger partial charge on any atom is -0.478 e. The lowest BCUT2D eigenvalue weighted by Gasteiger charge is -2.22. The fourth-order valence-electron chi connectivity index (χ4n) is 1.63. The van der Waals surface area contributed by atoms with Gasteiger partial charge in [0.1, 0.15) is 6.04 Å². The molecule has 0 aromatic heterocycles. The maximum Gasteiger partial charge on any atom is 0.331 e. The number of piperidine rings is 1. The van der Waals surface area contributed by atoms with E-state index in [-0.39, 0.29) is 17.1 Å². The summed E-state index contributed by atoms with van der Waals surface area (Å²) in [4.78, 5) is 45.3. The van der Waals surface area contributed by atoms with Crippen molar-refractivity contribution in [1.29, 1.82) is 0 Å². The topological polar surface area (TPSA) is 125 Å². The molecule has 0 spiro atoms. The molecule has 1 unspecified atom stereocenters. The smallest absolute Gasteiger partial charge is 0.331 e. The average Bonchev–Trinajstić information content (AvgIpc) is 2.39. The summed E-state index contributed by atoms with van der Waals surface area (Å²) in [6.45, 7) is 3.14. The van der Waals surface area contributed by atoms with Crippen molar-refractivity contribution in [3.63, 3.8) is 0 Å². The molecule has 4 amide bonds. The van der Waals surface area contributed by atoms with Gasteiger partial charge in [-0.25, -0.2) is 9.59 Å². The summed E-state index contributed by atoms with van der Waals surface area (Å²) in [7, 11) is 0. The van der Waals surface area contributed by atoms with Crippen LogP contribution in [0.5, 0.6) is 0 Å². The number of amides is 4. The molecule has 0 aromatic rings. The number of carboxylic acid groups (broad SMARTS) is 1. The number of hydrogen-bond acceptors (Lipinski definition) is 4. The standard InChI is InChI=1S/C12H17N3O5/c1-6(7(2)11(18)19)9(16)15-12(20)14-8-4-3-5-13-10(8)17/h8H,3-5H2,1-2H3,(H,13,17)(H,18,19)(H2,14,15,16,20). The molecule has 110 valence electrons. The zero-order valence-electron chi connectivity index (χ0n) is 11.3. The van der Waals surface area contributed by atoms with Gasteiger partial charge in [-0.3, -0.25) is 14.9 Å². The normalized spacial score (nSPS) is 19.5. The number of carbonyl (C=O) groups excluding carboxylic acids is 3. The highest BCUT2D eigenvalue weighted by molar-refractivity contribution is 6.08. The van der Waals surface area contributed by atoms with Gasteiger partial charge in [0, 0.05) is 17.7 Å². The molecule has 1 atom stereocenters. The summed E-state index contributed by atoms with van der Waals surface area (Å²) in [5.41, 5.74) is -0.216. The Morgan fingerprint density at radius 1 is 1.25 bits per heavy atom. The fourth-order valence-corrected chi connectivity index (χ4v) is 1.63. The Balaban J connectivity index is 2.58. The van der Waals surface area contributed by atoms with Gasteiger partial charge in [0.05, 0.1) is 0 Å². The number of rotatable bonds is 3. The van der Waals surface area contributed by atoms with Crippen LogP contribution in [-0.2, 0) is 14.4 Å². The Morgan fingerprint density at radius 3 is 2.45 bits per heavy atom. The molecule has 20 heavy (non-hydrogen) atoms. The second-order valence-corrected chi connectivity index (χ2v) is 4.47. The van der Waals surface area contributed by atoms with Crippen molar-refractivity contribution in [2.24, 2.45) is 0 Å². The van der Waals surface area contributed by atoms with Crippen LogP contribution in [-0.4, -0.2) is 41.5 Å². The molecule has 4 N–H and O–H groups in total. The van der Waals surface area contributed by atoms with E-state index in [2.05, 4.69) is 10.6 Å². The number of hydrogen-bond donors (Lipinski definition) is 4. The van der Waals surface area contributed by atoms with Crippen LogP contribution in [0.3, 0.4) is 0 Å². The molecule has 1 fully saturated rings. The van der Waals surface area contributed by atoms with Crippen LogP contribution in [0, 0.1) is 0 Å². The third kappa shape index (κ3) is 4.08. The van der Waals surface area contributed by atoms with Crippen LogP contribution in [0.1, 0.15) is 26.7 Å². The SMILES string of the molecule is CC(C(=O)O)=C(C)C(=O)NC(=O)NC1CCCNC1=O. The van der Waals surface area contributed by atoms with Crippen LogP contribution in [0.4, 0.5) is 4.79 Å². The van der Waals surface area contributed by atoms with Crippen molar-refractivity contribution in [3.05, 3.63) is 11.1 Å². The van der Waals surface area contributed by atoms with Crippen LogP contribution in [0.15, 0.2) is 11.1 Å². The van der Waals surface area contributed by atoms with Gasteiger partial charge in [0.2, 0.25) is 5.91 Å². The zero-order chi connectivity index (χ0) is 15.3. The highest BCUT2D eigenvalue weighted by Gasteiger charge is 2.24. The minimum atomic E-state index is -1.23. The molecule has 1 aliphatic heterocycles. The molecule has 8 heteroatoms. The molecule has 0 aliphatic carbocycles. The van der Waals surface area contributed by atoms with Crippen molar-refractivity contribution in [3.8, 4) is 0 Å². The summed E-state index contributed by atoms with van der Waals surface area (Å²) >= 11 is 0. The summed E-state index contributed by atoms with van der Waals surface area (Å²) in [5.74, 6) is -2.34. The van der Waals surface area contributed by atoms with E-state index in [1.54, 1.807) is 0 Å². The average molecular weight is 283 g/mol. The minimum absolute atomic E-state index is 0.0688. The van der Waals surface area contributed by atoms with E-state index in [4.69, 9.17) is 5.11 Å². The first-order valence-corrected chi connectivity index (χ1v) is 6.13. The van der Waals surface area contributed by atoms with Crippen LogP contribution < -0.4 is 16.0 Å². The molecule has 1 aliphatic rings. The van der Waals surface area contributed by atoms with E-state index in [1.807, 2.05) is 5.32 Å². The lowest BCUT2D eigenvalue weighted by molar-refractivity contribution is -0.133. The first-order valence-electron chi connectivity index (χ1n) is 6.13. The van der Waals surface area contributed by atoms with Gasteiger partial charge in [-0.1, -0.05) is 0 Å². The maximum absolute atomic E-state index is 11.6. The zero-order valence-corrected chi connectivity index (χ0v) is 11.3. The molecule has 0 radical (unpaired) electrons. The maximum atomic E-state index is 11.6. The molecule has 1 rings (SSSR count). The van der Waals surface area contributed by atoms with Crippen LogP contribution >= 0.6 is 0 Å². The predicted molar refractivity (Wildman–Crippen MR) is 68.7 cm³/mol. The van der Waals surface area contributed by atoms with E-state index >= 15 is 0 Å². The van der Waals surface area contributed by atoms with Crippen molar-refractivity contribution in [2.45, 2.75) is 32.7 Å². The Bertz CT molecular complexity index is 483.